The zero-order valence-corrected chi connectivity index (χ0v) is 23.7. The van der Waals surface area contributed by atoms with E-state index in [-0.39, 0.29) is 42.8 Å². The Morgan fingerprint density at radius 3 is 2.38 bits per heavy atom. The summed E-state index contributed by atoms with van der Waals surface area (Å²) < 4.78 is 63.8. The molecule has 2 heterocycles. The van der Waals surface area contributed by atoms with E-state index in [4.69, 9.17) is 14.2 Å². The molecule has 0 radical (unpaired) electrons. The van der Waals surface area contributed by atoms with Crippen molar-refractivity contribution in [2.45, 2.75) is 90.6 Å². The molecule has 1 aromatic heterocycles. The number of aryl methyl sites for hydroxylation is 1. The topological polar surface area (TPSA) is 103 Å². The van der Waals surface area contributed by atoms with Gasteiger partial charge in [-0.15, -0.1) is 0 Å². The number of nitrogens with one attached hydrogen (secondary N) is 1. The van der Waals surface area contributed by atoms with Crippen molar-refractivity contribution in [2.75, 3.05) is 23.4 Å². The number of anilines is 2. The van der Waals surface area contributed by atoms with E-state index in [9.17, 15) is 9.59 Å². The predicted octanol–water partition coefficient (Wildman–Crippen LogP) is 6.52. The van der Waals surface area contributed by atoms with E-state index in [2.05, 4.69) is 15.3 Å². The first-order valence-corrected chi connectivity index (χ1v) is 13.3. The van der Waals surface area contributed by atoms with Crippen LogP contribution in [0.15, 0.2) is 30.6 Å². The average molecular weight is 567 g/mol. The molecule has 40 heavy (non-hydrogen) atoms. The van der Waals surface area contributed by atoms with Crippen LogP contribution in [-0.2, 0) is 14.3 Å². The lowest BCUT2D eigenvalue weighted by molar-refractivity contribution is -0.155. The Balaban J connectivity index is 1.74. The molecular weight excluding hydrogens is 529 g/mol. The van der Waals surface area contributed by atoms with Crippen molar-refractivity contribution in [2.24, 2.45) is 0 Å². The van der Waals surface area contributed by atoms with Crippen LogP contribution < -0.4 is 15.0 Å². The number of esters is 1. The molecule has 0 saturated heterocycles. The summed E-state index contributed by atoms with van der Waals surface area (Å²) in [6, 6.07) is 2.63. The zero-order chi connectivity index (χ0) is 29.7. The minimum Gasteiger partial charge on any atom is -0.490 e. The molecule has 0 aliphatic carbocycles. The number of fused-ring (bicyclic) bond motifs is 1. The lowest BCUT2D eigenvalue weighted by Gasteiger charge is -2.49. The van der Waals surface area contributed by atoms with Crippen LogP contribution in [0.4, 0.5) is 29.6 Å². The Hall–Kier alpha value is -3.57. The van der Waals surface area contributed by atoms with E-state index >= 15 is 13.2 Å². The van der Waals surface area contributed by atoms with Gasteiger partial charge in [-0.05, 0) is 53.5 Å². The number of halogens is 3. The van der Waals surface area contributed by atoms with Gasteiger partial charge < -0.3 is 19.5 Å². The maximum atomic E-state index is 16.2. The summed E-state index contributed by atoms with van der Waals surface area (Å²) in [6.07, 6.45) is 2.15. The van der Waals surface area contributed by atoms with E-state index in [1.165, 1.54) is 38.4 Å². The van der Waals surface area contributed by atoms with E-state index < -0.39 is 35.9 Å². The van der Waals surface area contributed by atoms with Crippen molar-refractivity contribution in [1.29, 1.82) is 0 Å². The van der Waals surface area contributed by atoms with Crippen LogP contribution in [0.3, 0.4) is 0 Å². The van der Waals surface area contributed by atoms with Crippen LogP contribution in [0.2, 0.25) is 0 Å². The highest BCUT2D eigenvalue weighted by atomic mass is 19.3. The number of benzene rings is 1. The predicted molar refractivity (Wildman–Crippen MR) is 143 cm³/mol. The molecule has 9 nitrogen and oxygen atoms in total. The maximum absolute atomic E-state index is 16.2. The number of nitrogens with zero attached hydrogens (tertiary/aromatic N) is 3. The van der Waals surface area contributed by atoms with Gasteiger partial charge >= 0.3 is 18.0 Å². The Labute approximate surface area is 232 Å². The number of hydrogen-bond donors (Lipinski definition) is 1. The van der Waals surface area contributed by atoms with Gasteiger partial charge in [-0.2, -0.15) is 8.78 Å². The Morgan fingerprint density at radius 1 is 1.10 bits per heavy atom. The van der Waals surface area contributed by atoms with E-state index in [0.29, 0.717) is 29.1 Å². The first-order chi connectivity index (χ1) is 18.7. The summed E-state index contributed by atoms with van der Waals surface area (Å²) in [5, 5.41) is 2.57. The molecule has 3 rings (SSSR count). The first kappa shape index (κ1) is 31.0. The van der Waals surface area contributed by atoms with Crippen LogP contribution in [0.1, 0.15) is 77.5 Å². The summed E-state index contributed by atoms with van der Waals surface area (Å²) in [4.78, 5) is 33.0. The van der Waals surface area contributed by atoms with Gasteiger partial charge in [0.05, 0.1) is 31.3 Å². The smallest absolute Gasteiger partial charge is 0.417 e. The number of amides is 1. The highest BCUT2D eigenvalue weighted by molar-refractivity contribution is 5.92. The molecule has 1 aliphatic heterocycles. The van der Waals surface area contributed by atoms with Crippen molar-refractivity contribution >= 4 is 23.7 Å². The van der Waals surface area contributed by atoms with Crippen molar-refractivity contribution in [3.8, 4) is 5.75 Å². The molecule has 220 valence electrons. The third kappa shape index (κ3) is 6.76. The van der Waals surface area contributed by atoms with Gasteiger partial charge in [-0.25, -0.2) is 24.1 Å². The summed E-state index contributed by atoms with van der Waals surface area (Å²) in [5.74, 6) is -7.61. The number of ether oxygens (including phenoxy) is 3. The van der Waals surface area contributed by atoms with E-state index in [1.54, 1.807) is 33.8 Å². The Kier molecular flexibility index (Phi) is 9.52. The van der Waals surface area contributed by atoms with Gasteiger partial charge in [0.25, 0.3) is 5.79 Å². The van der Waals surface area contributed by atoms with Crippen LogP contribution >= 0.6 is 0 Å². The molecular formula is C28H37F3N4O5. The third-order valence-corrected chi connectivity index (χ3v) is 6.25. The van der Waals surface area contributed by atoms with Gasteiger partial charge in [0.1, 0.15) is 11.6 Å². The van der Waals surface area contributed by atoms with Gasteiger partial charge in [0, 0.05) is 18.4 Å². The highest BCUT2D eigenvalue weighted by Crippen LogP contribution is 2.55. The summed E-state index contributed by atoms with van der Waals surface area (Å²) in [6.45, 7) is 10.1. The second kappa shape index (κ2) is 12.3. The maximum Gasteiger partial charge on any atom is 0.417 e. The second-order valence-corrected chi connectivity index (χ2v) is 10.5. The molecule has 1 aromatic carbocycles. The van der Waals surface area contributed by atoms with Crippen molar-refractivity contribution in [1.82, 2.24) is 9.97 Å². The summed E-state index contributed by atoms with van der Waals surface area (Å²) in [7, 11) is 0. The van der Waals surface area contributed by atoms with E-state index in [0.717, 1.165) is 0 Å². The number of rotatable bonds is 10. The van der Waals surface area contributed by atoms with Gasteiger partial charge in [0.15, 0.2) is 5.75 Å². The lowest BCUT2D eigenvalue weighted by atomic mass is 9.84. The molecule has 2 aromatic rings. The number of carbonyl (C=O) groups is 2. The van der Waals surface area contributed by atoms with Crippen LogP contribution in [-0.4, -0.2) is 52.6 Å². The standard InChI is InChI=1S/C28H37F3N4O5/c1-7-27(29)28(30,31)23(20-15-18(3)12-13-21(20)35(27)25(37)38-8-2)34-24-32-16-19(17-33-24)39-14-10-9-11-22(36)40-26(4,5)6/h12-13,15-17,23H,7-11,14H2,1-6H3,(H,32,33,34)/t23-,27-/m0/s1. The summed E-state index contributed by atoms with van der Waals surface area (Å²) in [5.41, 5.74) is 0.0901. The highest BCUT2D eigenvalue weighted by Gasteiger charge is 2.68. The quantitative estimate of drug-likeness (QED) is 0.197. The Morgan fingerprint density at radius 2 is 1.77 bits per heavy atom. The fourth-order valence-corrected chi connectivity index (χ4v) is 4.41. The fourth-order valence-electron chi connectivity index (χ4n) is 4.41. The SMILES string of the molecule is CCOC(=O)N1c2ccc(C)cc2[C@H](Nc2ncc(OCCCCC(=O)OC(C)(C)C)cn2)C(F)(F)[C@]1(F)CC. The van der Waals surface area contributed by atoms with Crippen LogP contribution in [0.25, 0.3) is 0 Å². The van der Waals surface area contributed by atoms with E-state index in [1.807, 2.05) is 0 Å². The molecule has 0 unspecified atom stereocenters. The van der Waals surface area contributed by atoms with Gasteiger partial charge in [0.2, 0.25) is 5.95 Å². The molecule has 1 N–H and O–H groups in total. The molecule has 0 fully saturated rings. The third-order valence-electron chi connectivity index (χ3n) is 6.25. The number of carbonyl (C=O) groups excluding carboxylic acids is 2. The molecule has 0 bridgehead atoms. The van der Waals surface area contributed by atoms with Gasteiger partial charge in [-0.1, -0.05) is 24.6 Å². The molecule has 1 aliphatic rings. The lowest BCUT2D eigenvalue weighted by Crippen LogP contribution is -2.65. The number of alkyl halides is 3. The molecule has 0 spiro atoms. The van der Waals surface area contributed by atoms with Crippen molar-refractivity contribution in [3.05, 3.63) is 41.7 Å². The Bertz CT molecular complexity index is 1190. The molecule has 12 heteroatoms. The number of unbranched alkanes of at least 4 members (excludes halogenated alkanes) is 1. The molecule has 2 atom stereocenters. The average Bonchev–Trinajstić information content (AvgIpc) is 2.87. The van der Waals surface area contributed by atoms with Crippen LogP contribution in [0, 0.1) is 6.92 Å². The molecule has 1 amide bonds. The van der Waals surface area contributed by atoms with Gasteiger partial charge in [-0.3, -0.25) is 4.79 Å². The first-order valence-electron chi connectivity index (χ1n) is 13.3. The fraction of sp³-hybridized carbons (Fsp3) is 0.571. The summed E-state index contributed by atoms with van der Waals surface area (Å²) >= 11 is 0. The monoisotopic (exact) mass is 566 g/mol. The minimum atomic E-state index is -4.08. The molecule has 0 saturated carbocycles. The van der Waals surface area contributed by atoms with Crippen LogP contribution in [0.5, 0.6) is 5.75 Å². The second-order valence-electron chi connectivity index (χ2n) is 10.5. The minimum absolute atomic E-state index is 0.00805. The largest absolute Gasteiger partial charge is 0.490 e. The van der Waals surface area contributed by atoms with Crippen molar-refractivity contribution in [3.63, 3.8) is 0 Å². The number of aromatic nitrogens is 2. The zero-order valence-electron chi connectivity index (χ0n) is 23.7. The normalized spacial score (nSPS) is 19.9. The number of hydrogen-bond acceptors (Lipinski definition) is 8. The van der Waals surface area contributed by atoms with Crippen molar-refractivity contribution < 1.29 is 37.0 Å².